The van der Waals surface area contributed by atoms with Crippen LogP contribution in [0.5, 0.6) is 0 Å². The van der Waals surface area contributed by atoms with E-state index in [-0.39, 0.29) is 11.5 Å². The van der Waals surface area contributed by atoms with E-state index in [4.69, 9.17) is 0 Å². The molecule has 5 rings (SSSR count). The summed E-state index contributed by atoms with van der Waals surface area (Å²) in [5.74, 6) is 0.0691. The van der Waals surface area contributed by atoms with Crippen LogP contribution in [0.4, 0.5) is 5.69 Å². The fourth-order valence-electron chi connectivity index (χ4n) is 3.46. The van der Waals surface area contributed by atoms with Gasteiger partial charge >= 0.3 is 0 Å². The fourth-order valence-corrected chi connectivity index (χ4v) is 3.46. The van der Waals surface area contributed by atoms with E-state index in [1.165, 1.54) is 4.68 Å². The van der Waals surface area contributed by atoms with Crippen LogP contribution in [-0.2, 0) is 0 Å². The molecule has 0 atom stereocenters. The molecule has 7 nitrogen and oxygen atoms in total. The number of benzene rings is 3. The Hall–Kier alpha value is -4.39. The van der Waals surface area contributed by atoms with Crippen molar-refractivity contribution in [2.24, 2.45) is 5.18 Å². The molecule has 0 saturated heterocycles. The molecule has 7 heteroatoms. The summed E-state index contributed by atoms with van der Waals surface area (Å²) >= 11 is 0. The van der Waals surface area contributed by atoms with E-state index >= 15 is 0 Å². The number of nitroso groups, excluding NO2 is 1. The molecule has 0 saturated carbocycles. The summed E-state index contributed by atoms with van der Waals surface area (Å²) in [5.41, 5.74) is 3.21. The molecule has 1 N–H and O–H groups in total. The zero-order valence-corrected chi connectivity index (χ0v) is 15.7. The van der Waals surface area contributed by atoms with Crippen molar-refractivity contribution in [3.63, 3.8) is 0 Å². The normalized spacial score (nSPS) is 10.9. The topological polar surface area (TPSA) is 93.0 Å². The van der Waals surface area contributed by atoms with Crippen LogP contribution in [0.25, 0.3) is 39.4 Å². The van der Waals surface area contributed by atoms with Gasteiger partial charge in [0.1, 0.15) is 11.4 Å². The lowest BCUT2D eigenvalue weighted by Crippen LogP contribution is -2.18. The van der Waals surface area contributed by atoms with E-state index in [9.17, 15) is 9.70 Å². The van der Waals surface area contributed by atoms with E-state index in [0.717, 1.165) is 5.56 Å². The molecule has 0 fully saturated rings. The van der Waals surface area contributed by atoms with Crippen LogP contribution in [0.1, 0.15) is 0 Å². The van der Waals surface area contributed by atoms with Crippen LogP contribution < -0.4 is 5.56 Å². The highest BCUT2D eigenvalue weighted by atomic mass is 16.3. The Labute approximate surface area is 170 Å². The SMILES string of the molecule is O=Nc1c(-c2ccccc2)nn(-c2nc3ccccc3[nH]c2=O)c1-c1ccccc1. The van der Waals surface area contributed by atoms with Gasteiger partial charge in [0.25, 0.3) is 5.56 Å². The van der Waals surface area contributed by atoms with Gasteiger partial charge in [0.15, 0.2) is 5.69 Å². The van der Waals surface area contributed by atoms with Gasteiger partial charge in [-0.15, -0.1) is 4.91 Å². The second-order valence-electron chi connectivity index (χ2n) is 6.69. The molecule has 2 aromatic heterocycles. The summed E-state index contributed by atoms with van der Waals surface area (Å²) < 4.78 is 1.40. The molecule has 0 aliphatic carbocycles. The van der Waals surface area contributed by atoms with Crippen LogP contribution in [-0.4, -0.2) is 19.7 Å². The molecule has 0 spiro atoms. The highest BCUT2D eigenvalue weighted by molar-refractivity contribution is 5.86. The predicted octanol–water partition coefficient (Wildman–Crippen LogP) is 4.84. The minimum Gasteiger partial charge on any atom is -0.317 e. The first-order chi connectivity index (χ1) is 14.8. The maximum absolute atomic E-state index is 12.9. The molecule has 144 valence electrons. The lowest BCUT2D eigenvalue weighted by atomic mass is 10.1. The second kappa shape index (κ2) is 7.21. The third-order valence-corrected chi connectivity index (χ3v) is 4.83. The first kappa shape index (κ1) is 17.7. The van der Waals surface area contributed by atoms with Gasteiger partial charge in [-0.3, -0.25) is 4.79 Å². The lowest BCUT2D eigenvalue weighted by molar-refractivity contribution is 0.844. The summed E-state index contributed by atoms with van der Waals surface area (Å²) in [6.07, 6.45) is 0. The molecule has 0 amide bonds. The van der Waals surface area contributed by atoms with Gasteiger partial charge in [0, 0.05) is 11.1 Å². The first-order valence-electron chi connectivity index (χ1n) is 9.33. The van der Waals surface area contributed by atoms with Crippen molar-refractivity contribution in [1.82, 2.24) is 19.7 Å². The minimum absolute atomic E-state index is 0.0691. The van der Waals surface area contributed by atoms with Crippen molar-refractivity contribution in [3.05, 3.63) is 100 Å². The number of para-hydroxylation sites is 2. The summed E-state index contributed by atoms with van der Waals surface area (Å²) in [6.45, 7) is 0. The average molecular weight is 393 g/mol. The van der Waals surface area contributed by atoms with E-state index in [1.54, 1.807) is 12.1 Å². The lowest BCUT2D eigenvalue weighted by Gasteiger charge is -2.07. The third-order valence-electron chi connectivity index (χ3n) is 4.83. The summed E-state index contributed by atoms with van der Waals surface area (Å²) in [5, 5.41) is 7.89. The number of hydrogen-bond acceptors (Lipinski definition) is 5. The molecular formula is C23H15N5O2. The number of fused-ring (bicyclic) bond motifs is 1. The van der Waals surface area contributed by atoms with Crippen LogP contribution >= 0.6 is 0 Å². The molecule has 5 aromatic rings. The number of hydrogen-bond donors (Lipinski definition) is 1. The van der Waals surface area contributed by atoms with Crippen LogP contribution in [0.15, 0.2) is 94.9 Å². The number of nitrogens with zero attached hydrogens (tertiary/aromatic N) is 4. The van der Waals surface area contributed by atoms with Gasteiger partial charge in [-0.05, 0) is 17.3 Å². The number of rotatable bonds is 4. The Morgan fingerprint density at radius 2 is 1.43 bits per heavy atom. The zero-order chi connectivity index (χ0) is 20.5. The fraction of sp³-hybridized carbons (Fsp3) is 0. The summed E-state index contributed by atoms with van der Waals surface area (Å²) in [4.78, 5) is 32.2. The Balaban J connectivity index is 1.86. The van der Waals surface area contributed by atoms with Crippen molar-refractivity contribution in [2.45, 2.75) is 0 Å². The maximum atomic E-state index is 12.9. The Kier molecular flexibility index (Phi) is 4.25. The van der Waals surface area contributed by atoms with E-state index in [1.807, 2.05) is 72.8 Å². The smallest absolute Gasteiger partial charge is 0.293 e. The first-order valence-corrected chi connectivity index (χ1v) is 9.33. The van der Waals surface area contributed by atoms with Gasteiger partial charge in [-0.25, -0.2) is 9.67 Å². The third kappa shape index (κ3) is 2.89. The zero-order valence-electron chi connectivity index (χ0n) is 15.7. The molecule has 0 unspecified atom stereocenters. The standard InChI is InChI=1S/C23H15N5O2/c29-23-22(24-17-13-7-8-14-18(17)25-23)28-21(16-11-5-2-6-12-16)20(27-30)19(26-28)15-9-3-1-4-10-15/h1-14H,(H,25,29). The van der Waals surface area contributed by atoms with Crippen molar-refractivity contribution in [2.75, 3.05) is 0 Å². The van der Waals surface area contributed by atoms with Crippen molar-refractivity contribution >= 4 is 16.7 Å². The van der Waals surface area contributed by atoms with Crippen molar-refractivity contribution in [1.29, 1.82) is 0 Å². The van der Waals surface area contributed by atoms with Crippen molar-refractivity contribution < 1.29 is 0 Å². The van der Waals surface area contributed by atoms with Crippen LogP contribution in [0.3, 0.4) is 0 Å². The number of nitrogens with one attached hydrogen (secondary N) is 1. The summed E-state index contributed by atoms with van der Waals surface area (Å²) in [6, 6.07) is 25.8. The molecule has 2 heterocycles. The van der Waals surface area contributed by atoms with Crippen molar-refractivity contribution in [3.8, 4) is 28.3 Å². The van der Waals surface area contributed by atoms with Gasteiger partial charge in [-0.2, -0.15) is 5.10 Å². The highest BCUT2D eigenvalue weighted by Crippen LogP contribution is 2.39. The average Bonchev–Trinajstić information content (AvgIpc) is 3.19. The van der Waals surface area contributed by atoms with Crippen LogP contribution in [0, 0.1) is 4.91 Å². The molecule has 0 aliphatic rings. The molecule has 0 radical (unpaired) electrons. The Morgan fingerprint density at radius 1 is 0.800 bits per heavy atom. The molecular weight excluding hydrogens is 378 g/mol. The Morgan fingerprint density at radius 3 is 2.13 bits per heavy atom. The van der Waals surface area contributed by atoms with E-state index < -0.39 is 5.56 Å². The largest absolute Gasteiger partial charge is 0.317 e. The summed E-state index contributed by atoms with van der Waals surface area (Å²) in [7, 11) is 0. The minimum atomic E-state index is -0.412. The molecule has 0 bridgehead atoms. The second-order valence-corrected chi connectivity index (χ2v) is 6.69. The molecule has 0 aliphatic heterocycles. The van der Waals surface area contributed by atoms with Gasteiger partial charge < -0.3 is 4.98 Å². The predicted molar refractivity (Wildman–Crippen MR) is 116 cm³/mol. The quantitative estimate of drug-likeness (QED) is 0.442. The maximum Gasteiger partial charge on any atom is 0.293 e. The molecule has 3 aromatic carbocycles. The van der Waals surface area contributed by atoms with E-state index in [2.05, 4.69) is 20.2 Å². The highest BCUT2D eigenvalue weighted by Gasteiger charge is 2.24. The monoisotopic (exact) mass is 393 g/mol. The van der Waals surface area contributed by atoms with Gasteiger partial charge in [-0.1, -0.05) is 72.8 Å². The van der Waals surface area contributed by atoms with Gasteiger partial charge in [0.2, 0.25) is 5.82 Å². The Bertz CT molecular complexity index is 1420. The van der Waals surface area contributed by atoms with Crippen LogP contribution in [0.2, 0.25) is 0 Å². The number of H-pyrrole nitrogens is 1. The number of aromatic nitrogens is 4. The molecule has 30 heavy (non-hydrogen) atoms. The number of aromatic amines is 1. The van der Waals surface area contributed by atoms with E-state index in [0.29, 0.717) is 28.0 Å². The van der Waals surface area contributed by atoms with Gasteiger partial charge in [0.05, 0.1) is 11.0 Å².